The minimum atomic E-state index is -0.296. The molecule has 0 fully saturated rings. The van der Waals surface area contributed by atoms with Gasteiger partial charge in [0, 0.05) is 21.5 Å². The second-order valence-corrected chi connectivity index (χ2v) is 5.80. The van der Waals surface area contributed by atoms with E-state index >= 15 is 0 Å². The van der Waals surface area contributed by atoms with Gasteiger partial charge in [0.05, 0.1) is 5.69 Å². The predicted molar refractivity (Wildman–Crippen MR) is 86.9 cm³/mol. The molecule has 0 unspecified atom stereocenters. The smallest absolute Gasteiger partial charge is 0.257 e. The highest BCUT2D eigenvalue weighted by molar-refractivity contribution is 7.14. The first kappa shape index (κ1) is 14.7. The summed E-state index contributed by atoms with van der Waals surface area (Å²) < 4.78 is 12.9. The Morgan fingerprint density at radius 1 is 1.09 bits per heavy atom. The molecule has 3 rings (SSSR count). The van der Waals surface area contributed by atoms with Crippen LogP contribution in [0, 0.1) is 5.82 Å². The highest BCUT2D eigenvalue weighted by atomic mass is 35.5. The molecule has 22 heavy (non-hydrogen) atoms. The van der Waals surface area contributed by atoms with E-state index in [4.69, 9.17) is 11.6 Å². The second-order valence-electron chi connectivity index (χ2n) is 4.51. The van der Waals surface area contributed by atoms with E-state index in [-0.39, 0.29) is 11.7 Å². The summed E-state index contributed by atoms with van der Waals surface area (Å²) >= 11 is 7.10. The molecule has 110 valence electrons. The molecule has 3 nitrogen and oxygen atoms in total. The largest absolute Gasteiger partial charge is 0.298 e. The number of anilines is 1. The zero-order chi connectivity index (χ0) is 15.5. The van der Waals surface area contributed by atoms with Crippen LogP contribution in [0.2, 0.25) is 5.02 Å². The number of carbonyl (C=O) groups excluding carboxylic acids is 1. The molecule has 0 saturated heterocycles. The Balaban J connectivity index is 1.75. The molecule has 0 atom stereocenters. The molecule has 6 heteroatoms. The lowest BCUT2D eigenvalue weighted by atomic mass is 10.2. The predicted octanol–water partition coefficient (Wildman–Crippen LogP) is 4.85. The van der Waals surface area contributed by atoms with Crippen molar-refractivity contribution in [1.29, 1.82) is 0 Å². The first-order chi connectivity index (χ1) is 10.6. The number of carbonyl (C=O) groups is 1. The molecule has 0 aliphatic rings. The van der Waals surface area contributed by atoms with E-state index in [9.17, 15) is 9.18 Å². The van der Waals surface area contributed by atoms with Crippen molar-refractivity contribution >= 4 is 34.0 Å². The Hall–Kier alpha value is -2.24. The Morgan fingerprint density at radius 2 is 1.77 bits per heavy atom. The van der Waals surface area contributed by atoms with Crippen molar-refractivity contribution in [1.82, 2.24) is 4.98 Å². The van der Waals surface area contributed by atoms with Crippen LogP contribution in [0.1, 0.15) is 10.4 Å². The standard InChI is InChI=1S/C16H10ClFN2OS/c17-12-5-1-11(2-6-12)15(21)20-16-19-14(9-22-16)10-3-7-13(18)8-4-10/h1-9H,(H,19,20,21). The highest BCUT2D eigenvalue weighted by Gasteiger charge is 2.10. The Labute approximate surface area is 135 Å². The first-order valence-electron chi connectivity index (χ1n) is 6.40. The first-order valence-corrected chi connectivity index (χ1v) is 7.66. The molecule has 1 aromatic heterocycles. The van der Waals surface area contributed by atoms with Crippen LogP contribution in [0.3, 0.4) is 0 Å². The van der Waals surface area contributed by atoms with Gasteiger partial charge >= 0.3 is 0 Å². The molecule has 0 aliphatic heterocycles. The molecule has 2 aromatic carbocycles. The van der Waals surface area contributed by atoms with Gasteiger partial charge in [-0.05, 0) is 48.5 Å². The van der Waals surface area contributed by atoms with Gasteiger partial charge in [-0.1, -0.05) is 11.6 Å². The molecule has 1 amide bonds. The molecule has 1 N–H and O–H groups in total. The van der Waals surface area contributed by atoms with E-state index in [0.717, 1.165) is 5.56 Å². The van der Waals surface area contributed by atoms with E-state index in [1.54, 1.807) is 36.4 Å². The van der Waals surface area contributed by atoms with Gasteiger partial charge in [-0.15, -0.1) is 11.3 Å². The Kier molecular flexibility index (Phi) is 4.18. The van der Waals surface area contributed by atoms with Crippen LogP contribution in [0.4, 0.5) is 9.52 Å². The summed E-state index contributed by atoms with van der Waals surface area (Å²) in [5, 5.41) is 5.60. The van der Waals surface area contributed by atoms with Gasteiger partial charge in [0.2, 0.25) is 0 Å². The van der Waals surface area contributed by atoms with Gasteiger partial charge in [-0.3, -0.25) is 10.1 Å². The number of nitrogens with zero attached hydrogens (tertiary/aromatic N) is 1. The maximum Gasteiger partial charge on any atom is 0.257 e. The summed E-state index contributed by atoms with van der Waals surface area (Å²) in [5.41, 5.74) is 1.99. The van der Waals surface area contributed by atoms with Crippen molar-refractivity contribution in [2.24, 2.45) is 0 Å². The minimum absolute atomic E-state index is 0.253. The normalized spacial score (nSPS) is 10.5. The molecule has 0 saturated carbocycles. The molecular weight excluding hydrogens is 323 g/mol. The van der Waals surface area contributed by atoms with Crippen LogP contribution >= 0.6 is 22.9 Å². The molecular formula is C16H10ClFN2OS. The Bertz CT molecular complexity index is 800. The van der Waals surface area contributed by atoms with E-state index in [0.29, 0.717) is 21.4 Å². The number of nitrogens with one attached hydrogen (secondary N) is 1. The van der Waals surface area contributed by atoms with Crippen LogP contribution in [-0.2, 0) is 0 Å². The number of thiazole rings is 1. The summed E-state index contributed by atoms with van der Waals surface area (Å²) in [6.45, 7) is 0. The van der Waals surface area contributed by atoms with Crippen LogP contribution in [0.25, 0.3) is 11.3 Å². The monoisotopic (exact) mass is 332 g/mol. The fourth-order valence-corrected chi connectivity index (χ4v) is 2.70. The molecule has 0 radical (unpaired) electrons. The fraction of sp³-hybridized carbons (Fsp3) is 0. The number of hydrogen-bond acceptors (Lipinski definition) is 3. The maximum atomic E-state index is 12.9. The van der Waals surface area contributed by atoms with Gasteiger partial charge in [0.15, 0.2) is 5.13 Å². The average Bonchev–Trinajstić information content (AvgIpc) is 2.97. The maximum absolute atomic E-state index is 12.9. The van der Waals surface area contributed by atoms with Gasteiger partial charge < -0.3 is 0 Å². The number of hydrogen-bond donors (Lipinski definition) is 1. The summed E-state index contributed by atoms with van der Waals surface area (Å²) in [6, 6.07) is 12.6. The van der Waals surface area contributed by atoms with Crippen LogP contribution in [0.15, 0.2) is 53.9 Å². The van der Waals surface area contributed by atoms with Crippen LogP contribution in [-0.4, -0.2) is 10.9 Å². The zero-order valence-electron chi connectivity index (χ0n) is 11.2. The topological polar surface area (TPSA) is 42.0 Å². The number of halogens is 2. The van der Waals surface area contributed by atoms with Gasteiger partial charge in [0.25, 0.3) is 5.91 Å². The summed E-state index contributed by atoms with van der Waals surface area (Å²) in [4.78, 5) is 16.4. The number of rotatable bonds is 3. The van der Waals surface area contributed by atoms with Gasteiger partial charge in [-0.2, -0.15) is 0 Å². The van der Waals surface area contributed by atoms with Crippen LogP contribution in [0.5, 0.6) is 0 Å². The molecule has 0 bridgehead atoms. The molecule has 0 spiro atoms. The second kappa shape index (κ2) is 6.25. The number of amides is 1. The quantitative estimate of drug-likeness (QED) is 0.744. The average molecular weight is 333 g/mol. The number of aromatic nitrogens is 1. The van der Waals surface area contributed by atoms with Gasteiger partial charge in [-0.25, -0.2) is 9.37 Å². The van der Waals surface area contributed by atoms with Gasteiger partial charge in [0.1, 0.15) is 5.82 Å². The molecule has 0 aliphatic carbocycles. The van der Waals surface area contributed by atoms with Crippen molar-refractivity contribution in [2.75, 3.05) is 5.32 Å². The van der Waals surface area contributed by atoms with E-state index < -0.39 is 0 Å². The van der Waals surface area contributed by atoms with Crippen molar-refractivity contribution in [3.05, 3.63) is 70.3 Å². The molecule has 1 heterocycles. The van der Waals surface area contributed by atoms with E-state index in [2.05, 4.69) is 10.3 Å². The third-order valence-corrected chi connectivity index (χ3v) is 3.98. The van der Waals surface area contributed by atoms with E-state index in [1.807, 2.05) is 5.38 Å². The highest BCUT2D eigenvalue weighted by Crippen LogP contribution is 2.25. The lowest BCUT2D eigenvalue weighted by Gasteiger charge is -2.01. The summed E-state index contributed by atoms with van der Waals surface area (Å²) in [7, 11) is 0. The lowest BCUT2D eigenvalue weighted by Crippen LogP contribution is -2.11. The third kappa shape index (κ3) is 3.32. The third-order valence-electron chi connectivity index (χ3n) is 2.97. The summed E-state index contributed by atoms with van der Waals surface area (Å²) in [5.74, 6) is -0.549. The van der Waals surface area contributed by atoms with E-state index in [1.165, 1.54) is 23.5 Å². The molecule has 3 aromatic rings. The SMILES string of the molecule is O=C(Nc1nc(-c2ccc(F)cc2)cs1)c1ccc(Cl)cc1. The fourth-order valence-electron chi connectivity index (χ4n) is 1.85. The van der Waals surface area contributed by atoms with Crippen molar-refractivity contribution in [2.45, 2.75) is 0 Å². The Morgan fingerprint density at radius 3 is 2.45 bits per heavy atom. The van der Waals surface area contributed by atoms with Crippen LogP contribution < -0.4 is 5.32 Å². The van der Waals surface area contributed by atoms with Crippen molar-refractivity contribution < 1.29 is 9.18 Å². The summed E-state index contributed by atoms with van der Waals surface area (Å²) in [6.07, 6.45) is 0. The lowest BCUT2D eigenvalue weighted by molar-refractivity contribution is 0.102. The minimum Gasteiger partial charge on any atom is -0.298 e. The zero-order valence-corrected chi connectivity index (χ0v) is 12.8. The van der Waals surface area contributed by atoms with Crippen molar-refractivity contribution in [3.63, 3.8) is 0 Å². The van der Waals surface area contributed by atoms with Crippen molar-refractivity contribution in [3.8, 4) is 11.3 Å². The number of benzene rings is 2.